The number of nitrogens with two attached hydrogens (primary N) is 1. The van der Waals surface area contributed by atoms with Crippen LogP contribution in [0, 0.1) is 11.7 Å². The zero-order chi connectivity index (χ0) is 24.1. The highest BCUT2D eigenvalue weighted by Gasteiger charge is 2.33. The molecule has 3 rings (SSSR count). The van der Waals surface area contributed by atoms with Gasteiger partial charge in [-0.25, -0.2) is 14.2 Å². The molecule has 2 amide bonds. The summed E-state index contributed by atoms with van der Waals surface area (Å²) in [7, 11) is 3.00. The third-order valence-corrected chi connectivity index (χ3v) is 5.74. The number of amides is 2. The standard InChI is InChI=1S/C22H28FN5O5/c1-11(25-22(30)31)18(12-5-4-6-12)27-21-15(23)10-14(19(24)29)20(28-21)26-13-7-8-16(32-2)17(9-13)33-3/h7-12,18,25H,4-6H2,1-3H3,(H2,24,29)(H,30,31)(H2,26,27,28)/t11-,18+/m0/s1. The number of benzene rings is 1. The molecule has 0 bridgehead atoms. The summed E-state index contributed by atoms with van der Waals surface area (Å²) in [5, 5.41) is 17.5. The van der Waals surface area contributed by atoms with Crippen molar-refractivity contribution in [2.24, 2.45) is 11.7 Å². The van der Waals surface area contributed by atoms with Gasteiger partial charge in [-0.15, -0.1) is 0 Å². The van der Waals surface area contributed by atoms with Gasteiger partial charge in [0.1, 0.15) is 5.82 Å². The first-order valence-corrected chi connectivity index (χ1v) is 10.5. The zero-order valence-electron chi connectivity index (χ0n) is 18.6. The molecule has 1 aliphatic carbocycles. The van der Waals surface area contributed by atoms with Gasteiger partial charge in [0.15, 0.2) is 23.1 Å². The van der Waals surface area contributed by atoms with Crippen molar-refractivity contribution in [3.63, 3.8) is 0 Å². The summed E-state index contributed by atoms with van der Waals surface area (Å²) in [4.78, 5) is 27.4. The SMILES string of the molecule is COc1ccc(Nc2nc(N[C@@H](C3CCC3)[C@H](C)NC(=O)O)c(F)cc2C(N)=O)cc1OC. The van der Waals surface area contributed by atoms with Crippen molar-refractivity contribution in [3.05, 3.63) is 35.6 Å². The van der Waals surface area contributed by atoms with Gasteiger partial charge in [-0.3, -0.25) is 4.79 Å². The molecule has 0 saturated heterocycles. The van der Waals surface area contributed by atoms with Crippen LogP contribution >= 0.6 is 0 Å². The number of carbonyl (C=O) groups excluding carboxylic acids is 1. The van der Waals surface area contributed by atoms with Gasteiger partial charge < -0.3 is 36.3 Å². The monoisotopic (exact) mass is 461 g/mol. The number of anilines is 3. The van der Waals surface area contributed by atoms with Crippen LogP contribution in [0.25, 0.3) is 0 Å². The van der Waals surface area contributed by atoms with E-state index in [-0.39, 0.29) is 29.2 Å². The van der Waals surface area contributed by atoms with Crippen LogP contribution < -0.4 is 31.2 Å². The molecule has 10 nitrogen and oxygen atoms in total. The number of nitrogens with zero attached hydrogens (tertiary/aromatic N) is 1. The summed E-state index contributed by atoms with van der Waals surface area (Å²) in [6.45, 7) is 1.71. The number of carboxylic acid groups (broad SMARTS) is 1. The van der Waals surface area contributed by atoms with E-state index in [2.05, 4.69) is 20.9 Å². The molecule has 0 aliphatic heterocycles. The lowest BCUT2D eigenvalue weighted by atomic mass is 9.77. The molecule has 178 valence electrons. The van der Waals surface area contributed by atoms with Gasteiger partial charge in [-0.1, -0.05) is 6.42 Å². The van der Waals surface area contributed by atoms with Crippen molar-refractivity contribution in [2.45, 2.75) is 38.3 Å². The Bertz CT molecular complexity index is 1030. The van der Waals surface area contributed by atoms with Crippen LogP contribution in [0.3, 0.4) is 0 Å². The normalized spacial score (nSPS) is 15.0. The highest BCUT2D eigenvalue weighted by Crippen LogP contribution is 2.35. The Morgan fingerprint density at radius 3 is 2.42 bits per heavy atom. The number of ether oxygens (including phenoxy) is 2. The first-order valence-electron chi connectivity index (χ1n) is 10.5. The topological polar surface area (TPSA) is 148 Å². The number of nitrogens with one attached hydrogen (secondary N) is 3. The maximum absolute atomic E-state index is 14.9. The summed E-state index contributed by atoms with van der Waals surface area (Å²) in [6, 6.07) is 5.11. The number of halogens is 1. The minimum absolute atomic E-state index is 0.0461. The van der Waals surface area contributed by atoms with Gasteiger partial charge in [0, 0.05) is 17.8 Å². The Balaban J connectivity index is 1.94. The van der Waals surface area contributed by atoms with Gasteiger partial charge in [-0.05, 0) is 43.9 Å². The maximum Gasteiger partial charge on any atom is 0.404 e. The molecule has 1 fully saturated rings. The smallest absolute Gasteiger partial charge is 0.404 e. The van der Waals surface area contributed by atoms with E-state index < -0.39 is 23.9 Å². The Kier molecular flexibility index (Phi) is 7.41. The number of pyridine rings is 1. The molecule has 1 aliphatic rings. The van der Waals surface area contributed by atoms with Gasteiger partial charge in [-0.2, -0.15) is 0 Å². The second kappa shape index (κ2) is 10.2. The number of primary amides is 1. The minimum Gasteiger partial charge on any atom is -0.493 e. The third kappa shape index (κ3) is 5.54. The van der Waals surface area contributed by atoms with E-state index in [1.165, 1.54) is 14.2 Å². The maximum atomic E-state index is 14.9. The Morgan fingerprint density at radius 2 is 1.88 bits per heavy atom. The predicted octanol–water partition coefficient (Wildman–Crippen LogP) is 3.32. The molecule has 0 radical (unpaired) electrons. The molecule has 1 aromatic heterocycles. The highest BCUT2D eigenvalue weighted by molar-refractivity contribution is 5.98. The Labute approximate surface area is 190 Å². The number of rotatable bonds is 10. The van der Waals surface area contributed by atoms with Crippen molar-refractivity contribution in [1.82, 2.24) is 10.3 Å². The first-order chi connectivity index (χ1) is 15.7. The van der Waals surface area contributed by atoms with Crippen molar-refractivity contribution in [3.8, 4) is 11.5 Å². The summed E-state index contributed by atoms with van der Waals surface area (Å²) < 4.78 is 25.4. The van der Waals surface area contributed by atoms with E-state index in [0.717, 1.165) is 25.3 Å². The van der Waals surface area contributed by atoms with E-state index in [9.17, 15) is 14.0 Å². The summed E-state index contributed by atoms with van der Waals surface area (Å²) >= 11 is 0. The van der Waals surface area contributed by atoms with E-state index in [1.54, 1.807) is 25.1 Å². The van der Waals surface area contributed by atoms with Gasteiger partial charge in [0.05, 0.1) is 25.8 Å². The lowest BCUT2D eigenvalue weighted by Gasteiger charge is -2.38. The highest BCUT2D eigenvalue weighted by atomic mass is 19.1. The second-order valence-electron chi connectivity index (χ2n) is 7.87. The van der Waals surface area contributed by atoms with Crippen molar-refractivity contribution >= 4 is 29.3 Å². The van der Waals surface area contributed by atoms with E-state index >= 15 is 0 Å². The predicted molar refractivity (Wildman–Crippen MR) is 121 cm³/mol. The lowest BCUT2D eigenvalue weighted by molar-refractivity contribution is 0.1000. The molecule has 1 saturated carbocycles. The number of hydrogen-bond donors (Lipinski definition) is 5. The number of methoxy groups -OCH3 is 2. The minimum atomic E-state index is -1.16. The average Bonchev–Trinajstić information content (AvgIpc) is 2.73. The fourth-order valence-corrected chi connectivity index (χ4v) is 3.82. The Morgan fingerprint density at radius 1 is 1.18 bits per heavy atom. The molecule has 2 atom stereocenters. The van der Waals surface area contributed by atoms with Crippen LogP contribution in [0.2, 0.25) is 0 Å². The van der Waals surface area contributed by atoms with Gasteiger partial charge in [0.25, 0.3) is 5.91 Å². The molecule has 33 heavy (non-hydrogen) atoms. The van der Waals surface area contributed by atoms with Crippen LogP contribution in [-0.2, 0) is 0 Å². The zero-order valence-corrected chi connectivity index (χ0v) is 18.6. The molecular weight excluding hydrogens is 433 g/mol. The molecule has 11 heteroatoms. The first kappa shape index (κ1) is 23.9. The fourth-order valence-electron chi connectivity index (χ4n) is 3.82. The van der Waals surface area contributed by atoms with Gasteiger partial charge in [0.2, 0.25) is 0 Å². The van der Waals surface area contributed by atoms with E-state index in [4.69, 9.17) is 20.3 Å². The molecule has 1 heterocycles. The molecule has 0 spiro atoms. The van der Waals surface area contributed by atoms with Crippen molar-refractivity contribution in [1.29, 1.82) is 0 Å². The van der Waals surface area contributed by atoms with Crippen LogP contribution in [0.1, 0.15) is 36.5 Å². The quantitative estimate of drug-likeness (QED) is 0.362. The molecule has 0 unspecified atom stereocenters. The third-order valence-electron chi connectivity index (χ3n) is 5.74. The number of hydrogen-bond acceptors (Lipinski definition) is 7. The van der Waals surface area contributed by atoms with Crippen LogP contribution in [0.5, 0.6) is 11.5 Å². The van der Waals surface area contributed by atoms with Gasteiger partial charge >= 0.3 is 6.09 Å². The largest absolute Gasteiger partial charge is 0.493 e. The second-order valence-corrected chi connectivity index (χ2v) is 7.87. The van der Waals surface area contributed by atoms with Crippen LogP contribution in [-0.4, -0.2) is 48.4 Å². The fraction of sp³-hybridized carbons (Fsp3) is 0.409. The number of carbonyl (C=O) groups is 2. The van der Waals surface area contributed by atoms with Crippen molar-refractivity contribution < 1.29 is 28.6 Å². The van der Waals surface area contributed by atoms with Crippen LogP contribution in [0.4, 0.5) is 26.5 Å². The summed E-state index contributed by atoms with van der Waals surface area (Å²) in [6.07, 6.45) is 1.63. The molecule has 1 aromatic carbocycles. The average molecular weight is 461 g/mol. The lowest BCUT2D eigenvalue weighted by Crippen LogP contribution is -2.50. The van der Waals surface area contributed by atoms with Crippen molar-refractivity contribution in [2.75, 3.05) is 24.9 Å². The summed E-state index contributed by atoms with van der Waals surface area (Å²) in [5.74, 6) is -0.575. The number of aromatic nitrogens is 1. The molecule has 6 N–H and O–H groups in total. The van der Waals surface area contributed by atoms with E-state index in [1.807, 2.05) is 0 Å². The molecule has 2 aromatic rings. The van der Waals surface area contributed by atoms with Crippen LogP contribution in [0.15, 0.2) is 24.3 Å². The van der Waals surface area contributed by atoms with E-state index in [0.29, 0.717) is 17.2 Å². The summed E-state index contributed by atoms with van der Waals surface area (Å²) in [5.41, 5.74) is 5.82. The molecular formula is C22H28FN5O5. The Hall–Kier alpha value is -3.76.